The van der Waals surface area contributed by atoms with E-state index in [4.69, 9.17) is 9.47 Å². The summed E-state index contributed by atoms with van der Waals surface area (Å²) in [6.45, 7) is 1.01. The van der Waals surface area contributed by atoms with E-state index in [1.54, 1.807) is 18.2 Å². The topological polar surface area (TPSA) is 72.8 Å². The lowest BCUT2D eigenvalue weighted by molar-refractivity contribution is 0.119. The second kappa shape index (κ2) is 4.68. The molecule has 1 aromatic carbocycles. The molecule has 6 heteroatoms. The highest BCUT2D eigenvalue weighted by Crippen LogP contribution is 2.37. The van der Waals surface area contributed by atoms with Crippen LogP contribution < -0.4 is 9.47 Å². The molecule has 104 valence electrons. The molecule has 3 rings (SSSR count). The van der Waals surface area contributed by atoms with E-state index in [0.717, 1.165) is 0 Å². The lowest BCUT2D eigenvalue weighted by atomic mass is 9.95. The Bertz CT molecular complexity index is 581. The molecule has 0 aliphatic carbocycles. The molecule has 0 saturated carbocycles. The van der Waals surface area contributed by atoms with Crippen molar-refractivity contribution in [2.75, 3.05) is 24.7 Å². The maximum Gasteiger partial charge on any atom is 0.161 e. The van der Waals surface area contributed by atoms with Gasteiger partial charge < -0.3 is 14.6 Å². The zero-order valence-corrected chi connectivity index (χ0v) is 11.2. The van der Waals surface area contributed by atoms with E-state index in [1.165, 1.54) is 0 Å². The summed E-state index contributed by atoms with van der Waals surface area (Å²) in [7, 11) is -2.98. The van der Waals surface area contributed by atoms with Gasteiger partial charge in [-0.1, -0.05) is 6.07 Å². The monoisotopic (exact) mass is 284 g/mol. The molecule has 2 heterocycles. The molecular formula is C13H16O5S. The van der Waals surface area contributed by atoms with Crippen LogP contribution in [0, 0.1) is 5.92 Å². The van der Waals surface area contributed by atoms with E-state index in [1.807, 2.05) is 0 Å². The summed E-state index contributed by atoms with van der Waals surface area (Å²) in [6, 6.07) is 5.27. The van der Waals surface area contributed by atoms with Crippen molar-refractivity contribution in [1.82, 2.24) is 0 Å². The number of sulfone groups is 1. The molecular weight excluding hydrogens is 268 g/mol. The molecule has 0 aromatic heterocycles. The Labute approximate surface area is 112 Å². The number of benzene rings is 1. The van der Waals surface area contributed by atoms with Crippen LogP contribution in [0.25, 0.3) is 0 Å². The summed E-state index contributed by atoms with van der Waals surface area (Å²) >= 11 is 0. The van der Waals surface area contributed by atoms with Crippen molar-refractivity contribution in [3.8, 4) is 11.5 Å². The van der Waals surface area contributed by atoms with Gasteiger partial charge in [0.1, 0.15) is 13.2 Å². The van der Waals surface area contributed by atoms with Gasteiger partial charge in [-0.15, -0.1) is 0 Å². The molecule has 0 bridgehead atoms. The summed E-state index contributed by atoms with van der Waals surface area (Å²) in [4.78, 5) is 0. The minimum Gasteiger partial charge on any atom is -0.486 e. The van der Waals surface area contributed by atoms with Gasteiger partial charge in [0.2, 0.25) is 0 Å². The highest BCUT2D eigenvalue weighted by molar-refractivity contribution is 7.91. The molecule has 2 aliphatic heterocycles. The standard InChI is InChI=1S/C13H16O5S/c14-13(10-3-6-19(15,16)8-10)9-1-2-11-12(7-9)18-5-4-17-11/h1-2,7,10,13-14H,3-6,8H2. The molecule has 0 amide bonds. The molecule has 2 atom stereocenters. The Morgan fingerprint density at radius 2 is 1.95 bits per heavy atom. The minimum absolute atomic E-state index is 0.0581. The van der Waals surface area contributed by atoms with Crippen molar-refractivity contribution < 1.29 is 23.0 Å². The van der Waals surface area contributed by atoms with Crippen LogP contribution in [0.2, 0.25) is 0 Å². The molecule has 2 unspecified atom stereocenters. The predicted octanol–water partition coefficient (Wildman–Crippen LogP) is 0.926. The number of ether oxygens (including phenoxy) is 2. The third kappa shape index (κ3) is 2.55. The average Bonchev–Trinajstić information content (AvgIpc) is 2.78. The van der Waals surface area contributed by atoms with Crippen molar-refractivity contribution in [3.05, 3.63) is 23.8 Å². The Morgan fingerprint density at radius 1 is 1.21 bits per heavy atom. The molecule has 1 fully saturated rings. The van der Waals surface area contributed by atoms with Crippen molar-refractivity contribution in [2.45, 2.75) is 12.5 Å². The Hall–Kier alpha value is -1.27. The normalized spacial score (nSPS) is 26.1. The summed E-state index contributed by atoms with van der Waals surface area (Å²) < 4.78 is 33.8. The number of aliphatic hydroxyl groups excluding tert-OH is 1. The average molecular weight is 284 g/mol. The van der Waals surface area contributed by atoms with Gasteiger partial charge in [0.15, 0.2) is 21.3 Å². The fraction of sp³-hybridized carbons (Fsp3) is 0.538. The van der Waals surface area contributed by atoms with E-state index in [9.17, 15) is 13.5 Å². The van der Waals surface area contributed by atoms with Gasteiger partial charge in [-0.3, -0.25) is 0 Å². The number of fused-ring (bicyclic) bond motifs is 1. The van der Waals surface area contributed by atoms with Crippen LogP contribution in [0.1, 0.15) is 18.1 Å². The Kier molecular flexibility index (Phi) is 3.14. The van der Waals surface area contributed by atoms with Crippen LogP contribution in [0.4, 0.5) is 0 Å². The van der Waals surface area contributed by atoms with Crippen molar-refractivity contribution >= 4 is 9.84 Å². The number of aliphatic hydroxyl groups is 1. The fourth-order valence-electron chi connectivity index (χ4n) is 2.59. The van der Waals surface area contributed by atoms with Crippen molar-refractivity contribution in [3.63, 3.8) is 0 Å². The maximum atomic E-state index is 11.5. The van der Waals surface area contributed by atoms with E-state index >= 15 is 0 Å². The molecule has 2 aliphatic rings. The largest absolute Gasteiger partial charge is 0.486 e. The zero-order chi connectivity index (χ0) is 13.5. The van der Waals surface area contributed by atoms with Crippen LogP contribution in [0.3, 0.4) is 0 Å². The fourth-order valence-corrected chi connectivity index (χ4v) is 4.42. The van der Waals surface area contributed by atoms with Gasteiger partial charge in [-0.05, 0) is 24.1 Å². The molecule has 1 saturated heterocycles. The third-order valence-electron chi connectivity index (χ3n) is 3.62. The van der Waals surface area contributed by atoms with Gasteiger partial charge in [-0.25, -0.2) is 8.42 Å². The molecule has 0 radical (unpaired) electrons. The van der Waals surface area contributed by atoms with Gasteiger partial charge >= 0.3 is 0 Å². The Balaban J connectivity index is 1.82. The lowest BCUT2D eigenvalue weighted by Gasteiger charge is -2.22. The van der Waals surface area contributed by atoms with Crippen LogP contribution >= 0.6 is 0 Å². The maximum absolute atomic E-state index is 11.5. The van der Waals surface area contributed by atoms with Crippen molar-refractivity contribution in [2.24, 2.45) is 5.92 Å². The van der Waals surface area contributed by atoms with E-state index in [2.05, 4.69) is 0 Å². The first-order chi connectivity index (χ1) is 9.05. The summed E-state index contributed by atoms with van der Waals surface area (Å²) in [5.41, 5.74) is 0.686. The highest BCUT2D eigenvalue weighted by Gasteiger charge is 2.33. The van der Waals surface area contributed by atoms with Crippen LogP contribution in [-0.2, 0) is 9.84 Å². The number of rotatable bonds is 2. The SMILES string of the molecule is O=S1(=O)CCC(C(O)c2ccc3c(c2)OCCO3)C1. The molecule has 19 heavy (non-hydrogen) atoms. The summed E-state index contributed by atoms with van der Waals surface area (Å²) in [5, 5.41) is 10.3. The van der Waals surface area contributed by atoms with Gasteiger partial charge in [0.25, 0.3) is 0 Å². The van der Waals surface area contributed by atoms with E-state index in [-0.39, 0.29) is 17.4 Å². The highest BCUT2D eigenvalue weighted by atomic mass is 32.2. The van der Waals surface area contributed by atoms with Crippen LogP contribution in [0.5, 0.6) is 11.5 Å². The zero-order valence-electron chi connectivity index (χ0n) is 10.4. The minimum atomic E-state index is -2.98. The second-order valence-electron chi connectivity index (χ2n) is 5.01. The van der Waals surface area contributed by atoms with E-state index in [0.29, 0.717) is 36.7 Å². The molecule has 1 aromatic rings. The number of hydrogen-bond acceptors (Lipinski definition) is 5. The number of hydrogen-bond donors (Lipinski definition) is 1. The summed E-state index contributed by atoms with van der Waals surface area (Å²) in [5.74, 6) is 1.28. The first-order valence-electron chi connectivity index (χ1n) is 6.33. The summed E-state index contributed by atoms with van der Waals surface area (Å²) in [6.07, 6.45) is -0.258. The van der Waals surface area contributed by atoms with Gasteiger partial charge in [0, 0.05) is 5.92 Å². The van der Waals surface area contributed by atoms with Crippen molar-refractivity contribution in [1.29, 1.82) is 0 Å². The molecule has 1 N–H and O–H groups in total. The van der Waals surface area contributed by atoms with Crippen LogP contribution in [0.15, 0.2) is 18.2 Å². The molecule has 5 nitrogen and oxygen atoms in total. The first-order valence-corrected chi connectivity index (χ1v) is 8.15. The van der Waals surface area contributed by atoms with E-state index < -0.39 is 15.9 Å². The smallest absolute Gasteiger partial charge is 0.161 e. The van der Waals surface area contributed by atoms with Gasteiger partial charge in [-0.2, -0.15) is 0 Å². The second-order valence-corrected chi connectivity index (χ2v) is 7.24. The lowest BCUT2D eigenvalue weighted by Crippen LogP contribution is -2.17. The van der Waals surface area contributed by atoms with Gasteiger partial charge in [0.05, 0.1) is 17.6 Å². The first kappa shape index (κ1) is 12.7. The van der Waals surface area contributed by atoms with Crippen LogP contribution in [-0.4, -0.2) is 38.2 Å². The third-order valence-corrected chi connectivity index (χ3v) is 5.42. The molecule has 0 spiro atoms. The Morgan fingerprint density at radius 3 is 2.63 bits per heavy atom. The quantitative estimate of drug-likeness (QED) is 0.874. The predicted molar refractivity (Wildman–Crippen MR) is 69.2 cm³/mol.